The summed E-state index contributed by atoms with van der Waals surface area (Å²) in [6.07, 6.45) is 4.47. The van der Waals surface area contributed by atoms with Gasteiger partial charge in [0.1, 0.15) is 0 Å². The van der Waals surface area contributed by atoms with Crippen LogP contribution in [0.15, 0.2) is 21.2 Å². The largest absolute Gasteiger partial charge is 0.450 e. The molecule has 110 valence electrons. The molecular weight excluding hydrogens is 326 g/mol. The van der Waals surface area contributed by atoms with Gasteiger partial charge in [-0.15, -0.1) is 0 Å². The van der Waals surface area contributed by atoms with E-state index in [2.05, 4.69) is 28.2 Å². The van der Waals surface area contributed by atoms with Crippen molar-refractivity contribution in [3.8, 4) is 0 Å². The molecule has 1 saturated carbocycles. The van der Waals surface area contributed by atoms with E-state index in [0.29, 0.717) is 10.6 Å². The second-order valence-electron chi connectivity index (χ2n) is 5.12. The van der Waals surface area contributed by atoms with E-state index < -0.39 is 5.97 Å². The molecule has 0 radical (unpaired) electrons. The average Bonchev–Trinajstić information content (AvgIpc) is 2.85. The molecule has 0 bridgehead atoms. The maximum Gasteiger partial charge on any atom is 0.374 e. The van der Waals surface area contributed by atoms with Crippen molar-refractivity contribution in [1.82, 2.24) is 5.32 Å². The number of ether oxygens (including phenoxy) is 1. The van der Waals surface area contributed by atoms with Crippen molar-refractivity contribution in [2.75, 3.05) is 6.61 Å². The Morgan fingerprint density at radius 2 is 2.15 bits per heavy atom. The number of hydrogen-bond donors (Lipinski definition) is 1. The normalized spacial score (nSPS) is 22.3. The number of carbonyl (C=O) groups excluding carboxylic acids is 2. The van der Waals surface area contributed by atoms with Gasteiger partial charge < -0.3 is 14.5 Å². The van der Waals surface area contributed by atoms with Crippen LogP contribution in [0.25, 0.3) is 0 Å². The SMILES string of the molecule is CC1CCCCC1NC(=O)COC(=O)c1ccc(Br)o1. The van der Waals surface area contributed by atoms with Gasteiger partial charge in [0, 0.05) is 6.04 Å². The van der Waals surface area contributed by atoms with Crippen LogP contribution in [-0.2, 0) is 9.53 Å². The number of rotatable bonds is 4. The topological polar surface area (TPSA) is 68.5 Å². The van der Waals surface area contributed by atoms with Gasteiger partial charge in [-0.05, 0) is 46.8 Å². The maximum absolute atomic E-state index is 11.8. The summed E-state index contributed by atoms with van der Waals surface area (Å²) in [5.74, 6) is -0.342. The van der Waals surface area contributed by atoms with Gasteiger partial charge in [-0.3, -0.25) is 4.79 Å². The van der Waals surface area contributed by atoms with Gasteiger partial charge in [-0.1, -0.05) is 19.8 Å². The molecule has 1 aromatic heterocycles. The summed E-state index contributed by atoms with van der Waals surface area (Å²) in [4.78, 5) is 23.4. The van der Waals surface area contributed by atoms with Crippen molar-refractivity contribution in [3.05, 3.63) is 22.6 Å². The van der Waals surface area contributed by atoms with Crippen LogP contribution in [0.2, 0.25) is 0 Å². The first-order valence-electron chi connectivity index (χ1n) is 6.78. The highest BCUT2D eigenvalue weighted by atomic mass is 79.9. The molecule has 0 saturated heterocycles. The molecule has 6 heteroatoms. The molecule has 0 aliphatic heterocycles. The van der Waals surface area contributed by atoms with Crippen LogP contribution in [0.1, 0.15) is 43.2 Å². The summed E-state index contributed by atoms with van der Waals surface area (Å²) in [6, 6.07) is 3.28. The Hall–Kier alpha value is -1.30. The van der Waals surface area contributed by atoms with E-state index in [4.69, 9.17) is 9.15 Å². The fourth-order valence-electron chi connectivity index (χ4n) is 2.41. The Bertz CT molecular complexity index is 485. The van der Waals surface area contributed by atoms with Gasteiger partial charge >= 0.3 is 5.97 Å². The minimum Gasteiger partial charge on any atom is -0.450 e. The number of esters is 1. The minimum atomic E-state index is -0.637. The van der Waals surface area contributed by atoms with Crippen molar-refractivity contribution in [3.63, 3.8) is 0 Å². The van der Waals surface area contributed by atoms with Gasteiger partial charge in [0.05, 0.1) is 0 Å². The Kier molecular flexibility index (Phi) is 5.23. The van der Waals surface area contributed by atoms with Gasteiger partial charge in [0.25, 0.3) is 5.91 Å². The number of halogens is 1. The molecule has 0 spiro atoms. The Morgan fingerprint density at radius 3 is 2.80 bits per heavy atom. The fraction of sp³-hybridized carbons (Fsp3) is 0.571. The van der Waals surface area contributed by atoms with Crippen LogP contribution in [-0.4, -0.2) is 24.5 Å². The van der Waals surface area contributed by atoms with Crippen LogP contribution in [0.4, 0.5) is 0 Å². The van der Waals surface area contributed by atoms with Gasteiger partial charge in [-0.2, -0.15) is 0 Å². The van der Waals surface area contributed by atoms with Crippen molar-refractivity contribution in [1.29, 1.82) is 0 Å². The van der Waals surface area contributed by atoms with E-state index in [-0.39, 0.29) is 24.3 Å². The molecule has 1 heterocycles. The molecule has 0 aromatic carbocycles. The zero-order valence-corrected chi connectivity index (χ0v) is 12.9. The highest BCUT2D eigenvalue weighted by Crippen LogP contribution is 2.23. The van der Waals surface area contributed by atoms with Crippen molar-refractivity contribution in [2.45, 2.75) is 38.6 Å². The number of furan rings is 1. The maximum atomic E-state index is 11.8. The fourth-order valence-corrected chi connectivity index (χ4v) is 2.71. The van der Waals surface area contributed by atoms with E-state index in [1.165, 1.54) is 12.5 Å². The highest BCUT2D eigenvalue weighted by molar-refractivity contribution is 9.10. The lowest BCUT2D eigenvalue weighted by Gasteiger charge is -2.29. The summed E-state index contributed by atoms with van der Waals surface area (Å²) >= 11 is 3.10. The highest BCUT2D eigenvalue weighted by Gasteiger charge is 2.23. The monoisotopic (exact) mass is 343 g/mol. The first-order chi connectivity index (χ1) is 9.56. The lowest BCUT2D eigenvalue weighted by molar-refractivity contribution is -0.125. The second kappa shape index (κ2) is 6.92. The molecule has 5 nitrogen and oxygen atoms in total. The molecule has 1 amide bonds. The van der Waals surface area contributed by atoms with Gasteiger partial charge in [0.15, 0.2) is 11.3 Å². The lowest BCUT2D eigenvalue weighted by atomic mass is 9.86. The quantitative estimate of drug-likeness (QED) is 0.853. The van der Waals surface area contributed by atoms with Gasteiger partial charge in [-0.25, -0.2) is 4.79 Å². The predicted molar refractivity (Wildman–Crippen MR) is 76.3 cm³/mol. The molecule has 1 aromatic rings. The third kappa shape index (κ3) is 4.10. The first kappa shape index (κ1) is 15.1. The first-order valence-corrected chi connectivity index (χ1v) is 7.57. The van der Waals surface area contributed by atoms with E-state index in [0.717, 1.165) is 19.3 Å². The van der Waals surface area contributed by atoms with Crippen LogP contribution in [0.3, 0.4) is 0 Å². The molecular formula is C14H18BrNO4. The minimum absolute atomic E-state index is 0.0794. The summed E-state index contributed by atoms with van der Waals surface area (Å²) < 4.78 is 10.4. The number of amides is 1. The van der Waals surface area contributed by atoms with Crippen molar-refractivity contribution < 1.29 is 18.7 Å². The van der Waals surface area contributed by atoms with Crippen LogP contribution >= 0.6 is 15.9 Å². The third-order valence-corrected chi connectivity index (χ3v) is 3.99. The Labute approximate surface area is 126 Å². The summed E-state index contributed by atoms with van der Waals surface area (Å²) in [5.41, 5.74) is 0. The van der Waals surface area contributed by atoms with Crippen LogP contribution in [0, 0.1) is 5.92 Å². The zero-order chi connectivity index (χ0) is 14.5. The second-order valence-corrected chi connectivity index (χ2v) is 5.90. The van der Waals surface area contributed by atoms with Crippen molar-refractivity contribution in [2.24, 2.45) is 5.92 Å². The third-order valence-electron chi connectivity index (χ3n) is 3.57. The smallest absolute Gasteiger partial charge is 0.374 e. The zero-order valence-electron chi connectivity index (χ0n) is 11.4. The average molecular weight is 344 g/mol. The van der Waals surface area contributed by atoms with E-state index in [1.807, 2.05) is 0 Å². The summed E-state index contributed by atoms with van der Waals surface area (Å²) in [7, 11) is 0. The van der Waals surface area contributed by atoms with E-state index in [9.17, 15) is 9.59 Å². The summed E-state index contributed by atoms with van der Waals surface area (Å²) in [5, 5.41) is 2.92. The predicted octanol–water partition coefficient (Wildman–Crippen LogP) is 2.89. The molecule has 1 aliphatic rings. The van der Waals surface area contributed by atoms with Crippen molar-refractivity contribution >= 4 is 27.8 Å². The number of carbonyl (C=O) groups is 2. The standard InChI is InChI=1S/C14H18BrNO4/c1-9-4-2-3-5-10(9)16-13(17)8-19-14(18)11-6-7-12(15)20-11/h6-7,9-10H,2-5,8H2,1H3,(H,16,17). The van der Waals surface area contributed by atoms with E-state index in [1.54, 1.807) is 6.07 Å². The molecule has 1 N–H and O–H groups in total. The lowest BCUT2D eigenvalue weighted by Crippen LogP contribution is -2.42. The molecule has 20 heavy (non-hydrogen) atoms. The molecule has 2 rings (SSSR count). The number of nitrogens with one attached hydrogen (secondary N) is 1. The van der Waals surface area contributed by atoms with Crippen LogP contribution < -0.4 is 5.32 Å². The number of hydrogen-bond acceptors (Lipinski definition) is 4. The molecule has 2 atom stereocenters. The Morgan fingerprint density at radius 1 is 1.40 bits per heavy atom. The molecule has 1 aliphatic carbocycles. The Balaban J connectivity index is 1.76. The summed E-state index contributed by atoms with van der Waals surface area (Å²) in [6.45, 7) is 1.86. The van der Waals surface area contributed by atoms with E-state index >= 15 is 0 Å². The molecule has 2 unspecified atom stereocenters. The van der Waals surface area contributed by atoms with Crippen LogP contribution in [0.5, 0.6) is 0 Å². The van der Waals surface area contributed by atoms with Gasteiger partial charge in [0.2, 0.25) is 5.76 Å². The molecule has 1 fully saturated rings.